The highest BCUT2D eigenvalue weighted by molar-refractivity contribution is 5.99. The molecule has 26 heavy (non-hydrogen) atoms. The Morgan fingerprint density at radius 2 is 2.08 bits per heavy atom. The highest BCUT2D eigenvalue weighted by Gasteiger charge is 2.72. The van der Waals surface area contributed by atoms with Crippen molar-refractivity contribution in [2.45, 2.75) is 69.2 Å². The zero-order valence-corrected chi connectivity index (χ0v) is 15.0. The predicted octanol–water partition coefficient (Wildman–Crippen LogP) is 1.08. The van der Waals surface area contributed by atoms with E-state index in [1.54, 1.807) is 17.1 Å². The van der Waals surface area contributed by atoms with E-state index in [2.05, 4.69) is 5.32 Å². The van der Waals surface area contributed by atoms with Crippen molar-refractivity contribution in [3.05, 3.63) is 12.2 Å². The molecule has 0 aromatic heterocycles. The molecule has 5 atom stereocenters. The van der Waals surface area contributed by atoms with Crippen LogP contribution in [0, 0.1) is 11.8 Å². The first-order chi connectivity index (χ1) is 12.5. The lowest BCUT2D eigenvalue weighted by Gasteiger charge is -2.34. The summed E-state index contributed by atoms with van der Waals surface area (Å²) in [4.78, 5) is 39.5. The van der Waals surface area contributed by atoms with E-state index in [4.69, 9.17) is 4.74 Å². The number of fused-ring (bicyclic) bond motifs is 1. The smallest absolute Gasteiger partial charge is 0.310 e. The average molecular weight is 362 g/mol. The Kier molecular flexibility index (Phi) is 4.29. The predicted molar refractivity (Wildman–Crippen MR) is 92.2 cm³/mol. The number of rotatable bonds is 5. The fourth-order valence-corrected chi connectivity index (χ4v) is 5.26. The number of amides is 2. The molecule has 5 unspecified atom stereocenters. The Balaban J connectivity index is 1.65. The van der Waals surface area contributed by atoms with Crippen molar-refractivity contribution in [2.75, 3.05) is 6.54 Å². The van der Waals surface area contributed by atoms with Gasteiger partial charge in [-0.1, -0.05) is 38.3 Å². The molecule has 4 rings (SSSR count). The van der Waals surface area contributed by atoms with Crippen LogP contribution in [0.25, 0.3) is 0 Å². The molecule has 3 heterocycles. The second-order valence-electron chi connectivity index (χ2n) is 7.91. The monoisotopic (exact) mass is 362 g/mol. The molecule has 2 amide bonds. The molecule has 1 saturated carbocycles. The van der Waals surface area contributed by atoms with Crippen LogP contribution < -0.4 is 5.32 Å². The molecule has 142 valence electrons. The maximum absolute atomic E-state index is 13.2. The van der Waals surface area contributed by atoms with E-state index in [0.29, 0.717) is 13.0 Å². The Bertz CT molecular complexity index is 656. The number of carboxylic acids is 1. The summed E-state index contributed by atoms with van der Waals surface area (Å²) in [5, 5.41) is 12.7. The number of likely N-dealkylation sites (tertiary alicyclic amines) is 1. The quantitative estimate of drug-likeness (QED) is 0.714. The van der Waals surface area contributed by atoms with Gasteiger partial charge in [0.2, 0.25) is 11.8 Å². The van der Waals surface area contributed by atoms with Crippen LogP contribution in [0.1, 0.15) is 45.4 Å². The Labute approximate surface area is 152 Å². The molecule has 1 aliphatic carbocycles. The van der Waals surface area contributed by atoms with Crippen molar-refractivity contribution in [3.63, 3.8) is 0 Å². The number of nitrogens with one attached hydrogen (secondary N) is 1. The van der Waals surface area contributed by atoms with Gasteiger partial charge in [-0.05, 0) is 19.3 Å². The number of ether oxygens (including phenoxy) is 1. The molecule has 2 bridgehead atoms. The van der Waals surface area contributed by atoms with Gasteiger partial charge >= 0.3 is 5.97 Å². The SMILES string of the molecule is CCCN1C(=O)C2C(C(=O)O)C3C=CC2(O3)C1C(=O)NC1CCCCC1. The lowest BCUT2D eigenvalue weighted by atomic mass is 9.74. The largest absolute Gasteiger partial charge is 0.481 e. The molecule has 1 spiro atoms. The van der Waals surface area contributed by atoms with E-state index >= 15 is 0 Å². The highest BCUT2D eigenvalue weighted by Crippen LogP contribution is 2.55. The third-order valence-corrected chi connectivity index (χ3v) is 6.32. The highest BCUT2D eigenvalue weighted by atomic mass is 16.5. The van der Waals surface area contributed by atoms with E-state index in [-0.39, 0.29) is 17.9 Å². The molecule has 0 aromatic rings. The summed E-state index contributed by atoms with van der Waals surface area (Å²) in [7, 11) is 0. The number of carboxylic acid groups (broad SMARTS) is 1. The van der Waals surface area contributed by atoms with Gasteiger partial charge in [0.1, 0.15) is 17.6 Å². The molecule has 0 aromatic carbocycles. The third kappa shape index (κ3) is 2.40. The maximum Gasteiger partial charge on any atom is 0.310 e. The van der Waals surface area contributed by atoms with Crippen LogP contribution in [-0.4, -0.2) is 58.1 Å². The molecule has 3 fully saturated rings. The second kappa shape index (κ2) is 6.37. The van der Waals surface area contributed by atoms with Gasteiger partial charge in [0.15, 0.2) is 0 Å². The van der Waals surface area contributed by atoms with Crippen molar-refractivity contribution in [2.24, 2.45) is 11.8 Å². The molecule has 7 nitrogen and oxygen atoms in total. The van der Waals surface area contributed by atoms with Crippen molar-refractivity contribution < 1.29 is 24.2 Å². The molecular weight excluding hydrogens is 336 g/mol. The van der Waals surface area contributed by atoms with Gasteiger partial charge in [-0.15, -0.1) is 0 Å². The van der Waals surface area contributed by atoms with Crippen LogP contribution in [0.4, 0.5) is 0 Å². The Hall–Kier alpha value is -1.89. The standard InChI is InChI=1S/C19H26N2O5/c1-2-10-21-15(16(22)20-11-6-4-3-5-7-11)19-9-8-12(26-19)13(18(24)25)14(19)17(21)23/h8-9,11-15H,2-7,10H2,1H3,(H,20,22)(H,24,25). The van der Waals surface area contributed by atoms with E-state index in [9.17, 15) is 19.5 Å². The molecule has 3 aliphatic heterocycles. The van der Waals surface area contributed by atoms with Crippen LogP contribution in [0.15, 0.2) is 12.2 Å². The van der Waals surface area contributed by atoms with Gasteiger partial charge in [0.05, 0.1) is 12.0 Å². The maximum atomic E-state index is 13.2. The minimum Gasteiger partial charge on any atom is -0.481 e. The fraction of sp³-hybridized carbons (Fsp3) is 0.737. The van der Waals surface area contributed by atoms with Crippen LogP contribution in [0.3, 0.4) is 0 Å². The van der Waals surface area contributed by atoms with Gasteiger partial charge in [-0.3, -0.25) is 14.4 Å². The normalized spacial score (nSPS) is 38.7. The van der Waals surface area contributed by atoms with Crippen LogP contribution >= 0.6 is 0 Å². The lowest BCUT2D eigenvalue weighted by molar-refractivity contribution is -0.149. The summed E-state index contributed by atoms with van der Waals surface area (Å²) < 4.78 is 6.01. The van der Waals surface area contributed by atoms with Crippen molar-refractivity contribution in [1.29, 1.82) is 0 Å². The number of carbonyl (C=O) groups is 3. The van der Waals surface area contributed by atoms with Crippen molar-refractivity contribution in [3.8, 4) is 0 Å². The topological polar surface area (TPSA) is 95.9 Å². The molecule has 2 saturated heterocycles. The zero-order valence-electron chi connectivity index (χ0n) is 15.0. The van der Waals surface area contributed by atoms with Gasteiger partial charge in [0.25, 0.3) is 0 Å². The molecule has 2 N–H and O–H groups in total. The van der Waals surface area contributed by atoms with E-state index in [1.165, 1.54) is 6.42 Å². The number of aliphatic carboxylic acids is 1. The number of hydrogen-bond donors (Lipinski definition) is 2. The Morgan fingerprint density at radius 1 is 1.35 bits per heavy atom. The lowest BCUT2D eigenvalue weighted by Crippen LogP contribution is -2.56. The zero-order chi connectivity index (χ0) is 18.5. The summed E-state index contributed by atoms with van der Waals surface area (Å²) in [5.41, 5.74) is -1.14. The summed E-state index contributed by atoms with van der Waals surface area (Å²) in [6.07, 6.45) is 8.83. The van der Waals surface area contributed by atoms with E-state index in [0.717, 1.165) is 25.7 Å². The average Bonchev–Trinajstić information content (AvgIpc) is 3.24. The summed E-state index contributed by atoms with van der Waals surface area (Å²) in [6.45, 7) is 2.37. The first-order valence-electron chi connectivity index (χ1n) is 9.70. The first-order valence-corrected chi connectivity index (χ1v) is 9.70. The molecule has 0 radical (unpaired) electrons. The Morgan fingerprint density at radius 3 is 2.73 bits per heavy atom. The third-order valence-electron chi connectivity index (χ3n) is 6.32. The molecular formula is C19H26N2O5. The van der Waals surface area contributed by atoms with E-state index in [1.807, 2.05) is 6.92 Å². The second-order valence-corrected chi connectivity index (χ2v) is 7.91. The number of nitrogens with zero attached hydrogens (tertiary/aromatic N) is 1. The number of carbonyl (C=O) groups excluding carboxylic acids is 2. The van der Waals surface area contributed by atoms with Crippen LogP contribution in [0.2, 0.25) is 0 Å². The van der Waals surface area contributed by atoms with Gasteiger partial charge < -0.3 is 20.1 Å². The van der Waals surface area contributed by atoms with Crippen molar-refractivity contribution in [1.82, 2.24) is 10.2 Å². The first kappa shape index (κ1) is 17.5. The molecule has 4 aliphatic rings. The van der Waals surface area contributed by atoms with Crippen LogP contribution in [-0.2, 0) is 19.1 Å². The van der Waals surface area contributed by atoms with E-state index < -0.39 is 35.6 Å². The minimum absolute atomic E-state index is 0.128. The van der Waals surface area contributed by atoms with Crippen LogP contribution in [0.5, 0.6) is 0 Å². The van der Waals surface area contributed by atoms with Gasteiger partial charge in [-0.2, -0.15) is 0 Å². The van der Waals surface area contributed by atoms with Gasteiger partial charge in [-0.25, -0.2) is 0 Å². The fourth-order valence-electron chi connectivity index (χ4n) is 5.26. The summed E-state index contributed by atoms with van der Waals surface area (Å²) in [6, 6.07) is -0.657. The summed E-state index contributed by atoms with van der Waals surface area (Å²) >= 11 is 0. The summed E-state index contributed by atoms with van der Waals surface area (Å²) in [5.74, 6) is -3.25. The minimum atomic E-state index is -1.14. The van der Waals surface area contributed by atoms with Gasteiger partial charge in [0, 0.05) is 12.6 Å². The number of hydrogen-bond acceptors (Lipinski definition) is 4. The molecule has 7 heteroatoms. The van der Waals surface area contributed by atoms with Crippen molar-refractivity contribution >= 4 is 17.8 Å².